The fraction of sp³-hybridized carbons (Fsp3) is 0.0667. The molecule has 0 radical (unpaired) electrons. The summed E-state index contributed by atoms with van der Waals surface area (Å²) in [7, 11) is 0. The number of fused-ring (bicyclic) bond motifs is 12. The van der Waals surface area contributed by atoms with Crippen LogP contribution in [0.1, 0.15) is 25.0 Å². The minimum atomic E-state index is -0.0777. The molecule has 1 aliphatic rings. The van der Waals surface area contributed by atoms with Crippen molar-refractivity contribution in [2.24, 2.45) is 0 Å². The van der Waals surface area contributed by atoms with Crippen LogP contribution in [0.2, 0.25) is 0 Å². The third-order valence-electron chi connectivity index (χ3n) is 10.9. The van der Waals surface area contributed by atoms with Gasteiger partial charge in [-0.1, -0.05) is 111 Å². The Morgan fingerprint density at radius 1 is 0.438 bits per heavy atom. The number of hydrogen-bond acceptors (Lipinski definition) is 1. The van der Waals surface area contributed by atoms with Crippen LogP contribution in [0.25, 0.3) is 88.1 Å². The summed E-state index contributed by atoms with van der Waals surface area (Å²) in [6.07, 6.45) is 0. The Morgan fingerprint density at radius 2 is 1.06 bits per heavy atom. The number of rotatable bonds is 2. The summed E-state index contributed by atoms with van der Waals surface area (Å²) in [6, 6.07) is 53.2. The molecule has 3 heterocycles. The maximum absolute atomic E-state index is 6.60. The lowest BCUT2D eigenvalue weighted by molar-refractivity contribution is 0.660. The van der Waals surface area contributed by atoms with Crippen LogP contribution in [-0.4, -0.2) is 9.13 Å². The molecule has 1 aliphatic carbocycles. The number of furan rings is 1. The Hall–Kier alpha value is -6.06. The van der Waals surface area contributed by atoms with Gasteiger partial charge in [0.1, 0.15) is 5.58 Å². The molecule has 11 rings (SSSR count). The van der Waals surface area contributed by atoms with Crippen molar-refractivity contribution in [1.82, 2.24) is 9.13 Å². The molecule has 0 fully saturated rings. The molecule has 3 aromatic heterocycles. The van der Waals surface area contributed by atoms with Gasteiger partial charge >= 0.3 is 0 Å². The predicted octanol–water partition coefficient (Wildman–Crippen LogP) is 12.1. The van der Waals surface area contributed by atoms with Gasteiger partial charge < -0.3 is 13.6 Å². The topological polar surface area (TPSA) is 23.0 Å². The van der Waals surface area contributed by atoms with Crippen LogP contribution in [-0.2, 0) is 5.41 Å². The zero-order valence-electron chi connectivity index (χ0n) is 26.7. The van der Waals surface area contributed by atoms with Gasteiger partial charge in [0.15, 0.2) is 5.58 Å². The summed E-state index contributed by atoms with van der Waals surface area (Å²) in [5.41, 5.74) is 14.1. The number of nitrogens with zero attached hydrogens (tertiary/aromatic N) is 2. The fourth-order valence-electron chi connectivity index (χ4n) is 8.71. The van der Waals surface area contributed by atoms with Gasteiger partial charge in [-0.3, -0.25) is 0 Å². The van der Waals surface area contributed by atoms with Gasteiger partial charge in [0.05, 0.1) is 27.8 Å². The van der Waals surface area contributed by atoms with Crippen molar-refractivity contribution in [2.75, 3.05) is 0 Å². The van der Waals surface area contributed by atoms with Gasteiger partial charge in [-0.25, -0.2) is 0 Å². The lowest BCUT2D eigenvalue weighted by atomic mass is 9.82. The van der Waals surface area contributed by atoms with E-state index in [1.807, 2.05) is 6.07 Å². The number of para-hydroxylation sites is 4. The average Bonchev–Trinajstić information content (AvgIpc) is 3.83. The van der Waals surface area contributed by atoms with Crippen LogP contribution in [0, 0.1) is 0 Å². The van der Waals surface area contributed by atoms with Crippen molar-refractivity contribution >= 4 is 65.6 Å². The average molecular weight is 615 g/mol. The van der Waals surface area contributed by atoms with Crippen molar-refractivity contribution in [3.8, 4) is 22.5 Å². The lowest BCUT2D eigenvalue weighted by Crippen LogP contribution is -2.15. The molecule has 3 heteroatoms. The minimum absolute atomic E-state index is 0.0777. The maximum atomic E-state index is 6.60. The summed E-state index contributed by atoms with van der Waals surface area (Å²) in [6.45, 7) is 4.71. The van der Waals surface area contributed by atoms with E-state index in [1.165, 1.54) is 66.0 Å². The second-order valence-corrected chi connectivity index (χ2v) is 13.7. The van der Waals surface area contributed by atoms with Gasteiger partial charge in [0.2, 0.25) is 0 Å². The molecule has 0 amide bonds. The molecule has 0 atom stereocenters. The van der Waals surface area contributed by atoms with Crippen molar-refractivity contribution in [3.05, 3.63) is 157 Å². The number of benzene rings is 7. The van der Waals surface area contributed by atoms with Crippen molar-refractivity contribution in [3.63, 3.8) is 0 Å². The first-order valence-electron chi connectivity index (χ1n) is 16.7. The van der Waals surface area contributed by atoms with Crippen LogP contribution >= 0.6 is 0 Å². The monoisotopic (exact) mass is 614 g/mol. The van der Waals surface area contributed by atoms with Crippen LogP contribution in [0.4, 0.5) is 0 Å². The Labute approximate surface area is 276 Å². The molecule has 226 valence electrons. The fourth-order valence-corrected chi connectivity index (χ4v) is 8.71. The van der Waals surface area contributed by atoms with Gasteiger partial charge in [-0.15, -0.1) is 0 Å². The van der Waals surface area contributed by atoms with E-state index < -0.39 is 0 Å². The summed E-state index contributed by atoms with van der Waals surface area (Å²) >= 11 is 0. The summed E-state index contributed by atoms with van der Waals surface area (Å²) in [5.74, 6) is 0. The normalized spacial score (nSPS) is 13.8. The first kappa shape index (κ1) is 26.1. The summed E-state index contributed by atoms with van der Waals surface area (Å²) in [4.78, 5) is 0. The minimum Gasteiger partial charge on any atom is -0.454 e. The molecular weight excluding hydrogens is 585 g/mol. The maximum Gasteiger partial charge on any atom is 0.159 e. The van der Waals surface area contributed by atoms with Gasteiger partial charge in [0, 0.05) is 43.4 Å². The van der Waals surface area contributed by atoms with Crippen LogP contribution in [0.3, 0.4) is 0 Å². The van der Waals surface area contributed by atoms with Crippen molar-refractivity contribution in [1.29, 1.82) is 0 Å². The van der Waals surface area contributed by atoms with Crippen molar-refractivity contribution in [2.45, 2.75) is 19.3 Å². The quantitative estimate of drug-likeness (QED) is 0.190. The Kier molecular flexibility index (Phi) is 4.91. The highest BCUT2D eigenvalue weighted by Crippen LogP contribution is 2.50. The zero-order chi connectivity index (χ0) is 31.7. The molecule has 0 saturated carbocycles. The molecule has 0 N–H and O–H groups in total. The third kappa shape index (κ3) is 3.23. The molecule has 0 bridgehead atoms. The molecule has 0 spiro atoms. The van der Waals surface area contributed by atoms with E-state index in [2.05, 4.69) is 163 Å². The molecule has 10 aromatic rings. The molecule has 48 heavy (non-hydrogen) atoms. The summed E-state index contributed by atoms with van der Waals surface area (Å²) < 4.78 is 11.5. The van der Waals surface area contributed by atoms with Crippen LogP contribution in [0.15, 0.2) is 150 Å². The second kappa shape index (κ2) is 9.05. The lowest BCUT2D eigenvalue weighted by Gasteiger charge is -2.22. The first-order chi connectivity index (χ1) is 23.6. The molecule has 0 unspecified atom stereocenters. The van der Waals surface area contributed by atoms with E-state index >= 15 is 0 Å². The first-order valence-corrected chi connectivity index (χ1v) is 16.7. The van der Waals surface area contributed by atoms with E-state index in [0.717, 1.165) is 33.1 Å². The molecule has 0 saturated heterocycles. The highest BCUT2D eigenvalue weighted by atomic mass is 16.3. The highest BCUT2D eigenvalue weighted by molar-refractivity contribution is 6.20. The Morgan fingerprint density at radius 3 is 1.88 bits per heavy atom. The van der Waals surface area contributed by atoms with E-state index in [-0.39, 0.29) is 5.41 Å². The van der Waals surface area contributed by atoms with E-state index in [1.54, 1.807) is 0 Å². The third-order valence-corrected chi connectivity index (χ3v) is 10.9. The Balaban J connectivity index is 1.25. The number of hydrogen-bond donors (Lipinski definition) is 0. The van der Waals surface area contributed by atoms with Gasteiger partial charge in [-0.05, 0) is 70.8 Å². The van der Waals surface area contributed by atoms with E-state index in [9.17, 15) is 0 Å². The summed E-state index contributed by atoms with van der Waals surface area (Å²) in [5, 5.41) is 7.25. The second-order valence-electron chi connectivity index (χ2n) is 13.7. The molecular formula is C45H30N2O. The van der Waals surface area contributed by atoms with Crippen LogP contribution < -0.4 is 0 Å². The van der Waals surface area contributed by atoms with E-state index in [0.29, 0.717) is 0 Å². The van der Waals surface area contributed by atoms with Crippen molar-refractivity contribution < 1.29 is 4.42 Å². The standard InChI is InChI=1S/C45H30N2O/c1-45(2)36-17-7-3-12-28(36)29-23-22-27(24-37(29)45)46-38-18-8-4-13-30(38)34-25-35-31-14-5-9-19-39(31)47(42(35)26-41(34)46)40-20-11-16-33-32-15-6-10-21-43(32)48-44(33)40/h3-26H,1-2H3. The largest absolute Gasteiger partial charge is 0.454 e. The highest BCUT2D eigenvalue weighted by Gasteiger charge is 2.35. The van der Waals surface area contributed by atoms with Gasteiger partial charge in [-0.2, -0.15) is 0 Å². The SMILES string of the molecule is CC1(C)c2ccccc2-c2ccc(-n3c4ccccc4c4cc5c6ccccc6n(-c6cccc7c6oc6ccccc67)c5cc43)cc21. The smallest absolute Gasteiger partial charge is 0.159 e. The Bertz CT molecular complexity index is 2980. The molecule has 3 nitrogen and oxygen atoms in total. The van der Waals surface area contributed by atoms with E-state index in [4.69, 9.17) is 4.42 Å². The number of aromatic nitrogens is 2. The predicted molar refractivity (Wildman–Crippen MR) is 200 cm³/mol. The van der Waals surface area contributed by atoms with Crippen LogP contribution in [0.5, 0.6) is 0 Å². The molecule has 7 aromatic carbocycles. The molecule has 0 aliphatic heterocycles. The zero-order valence-corrected chi connectivity index (χ0v) is 26.7. The van der Waals surface area contributed by atoms with Gasteiger partial charge in [0.25, 0.3) is 0 Å².